The fraction of sp³-hybridized carbons (Fsp3) is 1.00. The molecule has 1 saturated carbocycles. The van der Waals surface area contributed by atoms with Crippen molar-refractivity contribution in [2.45, 2.75) is 77.9 Å². The van der Waals surface area contributed by atoms with Crippen LogP contribution in [0.4, 0.5) is 0 Å². The van der Waals surface area contributed by atoms with Crippen LogP contribution in [0.1, 0.15) is 59.8 Å². The molecular formula is C16H34N2O. The summed E-state index contributed by atoms with van der Waals surface area (Å²) in [6.07, 6.45) is 6.58. The molecule has 0 aromatic rings. The third kappa shape index (κ3) is 6.73. The van der Waals surface area contributed by atoms with Crippen molar-refractivity contribution in [2.75, 3.05) is 19.7 Å². The van der Waals surface area contributed by atoms with Crippen LogP contribution in [-0.2, 0) is 0 Å². The normalized spacial score (nSPS) is 18.9. The molecule has 0 saturated heterocycles. The number of aliphatic hydroxyl groups is 1. The molecule has 0 aromatic carbocycles. The predicted octanol–water partition coefficient (Wildman–Crippen LogP) is 2.64. The van der Waals surface area contributed by atoms with E-state index in [1.54, 1.807) is 0 Å². The van der Waals surface area contributed by atoms with Gasteiger partial charge in [-0.2, -0.15) is 0 Å². The fourth-order valence-corrected chi connectivity index (χ4v) is 3.18. The molecule has 114 valence electrons. The Morgan fingerprint density at radius 1 is 1.16 bits per heavy atom. The highest BCUT2D eigenvalue weighted by Crippen LogP contribution is 2.24. The lowest BCUT2D eigenvalue weighted by Gasteiger charge is -2.32. The second-order valence-corrected chi connectivity index (χ2v) is 6.82. The summed E-state index contributed by atoms with van der Waals surface area (Å²) in [5, 5.41) is 12.9. The maximum Gasteiger partial charge on any atom is 0.0585 e. The molecule has 0 bridgehead atoms. The first-order valence-electron chi connectivity index (χ1n) is 8.13. The monoisotopic (exact) mass is 270 g/mol. The summed E-state index contributed by atoms with van der Waals surface area (Å²) in [4.78, 5) is 2.67. The lowest BCUT2D eigenvalue weighted by molar-refractivity contribution is 0.153. The molecule has 1 atom stereocenters. The van der Waals surface area contributed by atoms with Crippen molar-refractivity contribution in [3.63, 3.8) is 0 Å². The van der Waals surface area contributed by atoms with Gasteiger partial charge in [0.1, 0.15) is 0 Å². The molecule has 2 N–H and O–H groups in total. The fourth-order valence-electron chi connectivity index (χ4n) is 3.18. The van der Waals surface area contributed by atoms with Crippen LogP contribution >= 0.6 is 0 Å². The SMILES string of the molecule is CC(C)CN(CCC(CO)NC(C)C)C1CCCC1. The Labute approximate surface area is 119 Å². The molecule has 3 heteroatoms. The first kappa shape index (κ1) is 16.9. The van der Waals surface area contributed by atoms with E-state index >= 15 is 0 Å². The van der Waals surface area contributed by atoms with Crippen LogP contribution in [0.3, 0.4) is 0 Å². The number of aliphatic hydroxyl groups excluding tert-OH is 1. The van der Waals surface area contributed by atoms with Crippen LogP contribution in [0, 0.1) is 5.92 Å². The van der Waals surface area contributed by atoms with E-state index in [4.69, 9.17) is 0 Å². The third-order valence-electron chi connectivity index (χ3n) is 3.99. The molecule has 19 heavy (non-hydrogen) atoms. The summed E-state index contributed by atoms with van der Waals surface area (Å²) in [6, 6.07) is 1.49. The first-order valence-corrected chi connectivity index (χ1v) is 8.13. The van der Waals surface area contributed by atoms with Gasteiger partial charge >= 0.3 is 0 Å². The number of hydrogen-bond donors (Lipinski definition) is 2. The Balaban J connectivity index is 2.42. The maximum atomic E-state index is 9.45. The minimum Gasteiger partial charge on any atom is -0.395 e. The van der Waals surface area contributed by atoms with Gasteiger partial charge in [0.15, 0.2) is 0 Å². The van der Waals surface area contributed by atoms with Crippen molar-refractivity contribution >= 4 is 0 Å². The third-order valence-corrected chi connectivity index (χ3v) is 3.99. The minimum atomic E-state index is 0.246. The first-order chi connectivity index (χ1) is 9.02. The van der Waals surface area contributed by atoms with Gasteiger partial charge in [0.2, 0.25) is 0 Å². The summed E-state index contributed by atoms with van der Waals surface area (Å²) in [5.41, 5.74) is 0. The molecule has 1 fully saturated rings. The quantitative estimate of drug-likeness (QED) is 0.676. The van der Waals surface area contributed by atoms with Gasteiger partial charge in [-0.25, -0.2) is 0 Å². The molecular weight excluding hydrogens is 236 g/mol. The van der Waals surface area contributed by atoms with Crippen molar-refractivity contribution in [1.82, 2.24) is 10.2 Å². The lowest BCUT2D eigenvalue weighted by atomic mass is 10.1. The summed E-state index contributed by atoms with van der Waals surface area (Å²) in [5.74, 6) is 0.728. The highest BCUT2D eigenvalue weighted by Gasteiger charge is 2.23. The van der Waals surface area contributed by atoms with Crippen LogP contribution in [0.5, 0.6) is 0 Å². The molecule has 0 aliphatic heterocycles. The molecule has 1 aliphatic rings. The van der Waals surface area contributed by atoms with E-state index in [-0.39, 0.29) is 12.6 Å². The van der Waals surface area contributed by atoms with Gasteiger partial charge in [-0.15, -0.1) is 0 Å². The Bertz CT molecular complexity index is 225. The van der Waals surface area contributed by atoms with E-state index in [2.05, 4.69) is 37.9 Å². The standard InChI is InChI=1S/C16H34N2O/c1-13(2)11-18(16-7-5-6-8-16)10-9-15(12-19)17-14(3)4/h13-17,19H,5-12H2,1-4H3. The number of nitrogens with zero attached hydrogens (tertiary/aromatic N) is 1. The molecule has 1 unspecified atom stereocenters. The average Bonchev–Trinajstić information content (AvgIpc) is 2.85. The van der Waals surface area contributed by atoms with E-state index < -0.39 is 0 Å². The molecule has 1 aliphatic carbocycles. The van der Waals surface area contributed by atoms with E-state index in [1.165, 1.54) is 32.2 Å². The van der Waals surface area contributed by atoms with Gasteiger partial charge in [-0.1, -0.05) is 40.5 Å². The Morgan fingerprint density at radius 3 is 2.26 bits per heavy atom. The van der Waals surface area contributed by atoms with Crippen molar-refractivity contribution in [2.24, 2.45) is 5.92 Å². The van der Waals surface area contributed by atoms with E-state index in [9.17, 15) is 5.11 Å². The number of nitrogens with one attached hydrogen (secondary N) is 1. The molecule has 3 nitrogen and oxygen atoms in total. The molecule has 0 aromatic heterocycles. The van der Waals surface area contributed by atoms with Crippen LogP contribution in [0.15, 0.2) is 0 Å². The van der Waals surface area contributed by atoms with Crippen LogP contribution in [0.25, 0.3) is 0 Å². The maximum absolute atomic E-state index is 9.45. The van der Waals surface area contributed by atoms with Gasteiger partial charge in [0.05, 0.1) is 6.61 Å². The summed E-state index contributed by atoms with van der Waals surface area (Å²) in [7, 11) is 0. The number of hydrogen-bond acceptors (Lipinski definition) is 3. The molecule has 0 radical (unpaired) electrons. The predicted molar refractivity (Wildman–Crippen MR) is 82.4 cm³/mol. The van der Waals surface area contributed by atoms with Crippen molar-refractivity contribution in [3.8, 4) is 0 Å². The summed E-state index contributed by atoms with van der Waals surface area (Å²) >= 11 is 0. The molecule has 0 amide bonds. The summed E-state index contributed by atoms with van der Waals surface area (Å²) in [6.45, 7) is 11.5. The minimum absolute atomic E-state index is 0.246. The molecule has 0 heterocycles. The Kier molecular flexibility index (Phi) is 7.96. The van der Waals surface area contributed by atoms with E-state index in [0.29, 0.717) is 6.04 Å². The van der Waals surface area contributed by atoms with E-state index in [0.717, 1.165) is 24.9 Å². The highest BCUT2D eigenvalue weighted by molar-refractivity contribution is 4.80. The average molecular weight is 270 g/mol. The zero-order chi connectivity index (χ0) is 14.3. The van der Waals surface area contributed by atoms with Crippen LogP contribution in [-0.4, -0.2) is 47.8 Å². The molecule has 0 spiro atoms. The lowest BCUT2D eigenvalue weighted by Crippen LogP contribution is -2.43. The van der Waals surface area contributed by atoms with Gasteiger partial charge in [0, 0.05) is 31.2 Å². The van der Waals surface area contributed by atoms with Crippen molar-refractivity contribution < 1.29 is 5.11 Å². The van der Waals surface area contributed by atoms with E-state index in [1.807, 2.05) is 0 Å². The number of rotatable bonds is 9. The zero-order valence-electron chi connectivity index (χ0n) is 13.4. The molecule has 1 rings (SSSR count). The summed E-state index contributed by atoms with van der Waals surface area (Å²) < 4.78 is 0. The van der Waals surface area contributed by atoms with Gasteiger partial charge in [0.25, 0.3) is 0 Å². The van der Waals surface area contributed by atoms with Crippen molar-refractivity contribution in [1.29, 1.82) is 0 Å². The van der Waals surface area contributed by atoms with Crippen molar-refractivity contribution in [3.05, 3.63) is 0 Å². The van der Waals surface area contributed by atoms with Crippen LogP contribution in [0.2, 0.25) is 0 Å². The smallest absolute Gasteiger partial charge is 0.0585 e. The van der Waals surface area contributed by atoms with Gasteiger partial charge in [-0.05, 0) is 25.2 Å². The van der Waals surface area contributed by atoms with Crippen LogP contribution < -0.4 is 5.32 Å². The Hall–Kier alpha value is -0.120. The largest absolute Gasteiger partial charge is 0.395 e. The van der Waals surface area contributed by atoms with Gasteiger partial charge < -0.3 is 15.3 Å². The zero-order valence-corrected chi connectivity index (χ0v) is 13.4. The second kappa shape index (κ2) is 8.93. The highest BCUT2D eigenvalue weighted by atomic mass is 16.3. The topological polar surface area (TPSA) is 35.5 Å². The Morgan fingerprint density at radius 2 is 1.79 bits per heavy atom. The second-order valence-electron chi connectivity index (χ2n) is 6.82. The van der Waals surface area contributed by atoms with Gasteiger partial charge in [-0.3, -0.25) is 0 Å².